The van der Waals surface area contributed by atoms with Crippen molar-refractivity contribution >= 4 is 23.7 Å². The van der Waals surface area contributed by atoms with Crippen molar-refractivity contribution < 1.29 is 14.3 Å². The first kappa shape index (κ1) is 19.9. The lowest BCUT2D eigenvalue weighted by atomic mass is 10.1. The third-order valence-electron chi connectivity index (χ3n) is 3.43. The molecule has 0 aliphatic carbocycles. The summed E-state index contributed by atoms with van der Waals surface area (Å²) in [7, 11) is 1.63. The van der Waals surface area contributed by atoms with Crippen molar-refractivity contribution in [1.82, 2.24) is 25.4 Å². The molecular weight excluding hydrogens is 354 g/mol. The zero-order valence-corrected chi connectivity index (χ0v) is 15.9. The maximum absolute atomic E-state index is 11.9. The smallest absolute Gasteiger partial charge is 0.321 e. The van der Waals surface area contributed by atoms with Gasteiger partial charge in [-0.05, 0) is 19.9 Å². The average Bonchev–Trinajstić information content (AvgIpc) is 3.01. The fourth-order valence-corrected chi connectivity index (χ4v) is 3.04. The number of thioether (sulfide) groups is 1. The summed E-state index contributed by atoms with van der Waals surface area (Å²) in [5.74, 6) is 0.396. The molecule has 0 saturated carbocycles. The monoisotopic (exact) mass is 377 g/mol. The van der Waals surface area contributed by atoms with Crippen molar-refractivity contribution in [3.8, 4) is 11.4 Å². The molecule has 140 valence electrons. The number of carbonyl (C=O) groups is 2. The zero-order chi connectivity index (χ0) is 18.9. The molecule has 0 unspecified atom stereocenters. The average molecular weight is 377 g/mol. The molecule has 0 saturated heterocycles. The van der Waals surface area contributed by atoms with Crippen LogP contribution in [0.25, 0.3) is 11.4 Å². The van der Waals surface area contributed by atoms with E-state index in [-0.39, 0.29) is 11.7 Å². The lowest BCUT2D eigenvalue weighted by molar-refractivity contribution is -0.117. The molecule has 0 atom stereocenters. The fourth-order valence-electron chi connectivity index (χ4n) is 2.27. The molecule has 0 bridgehead atoms. The number of hydrogen-bond donors (Lipinski definition) is 2. The first-order chi connectivity index (χ1) is 12.5. The fraction of sp³-hybridized carbons (Fsp3) is 0.412. The molecule has 9 heteroatoms. The molecule has 1 heterocycles. The highest BCUT2D eigenvalue weighted by Crippen LogP contribution is 2.24. The van der Waals surface area contributed by atoms with Gasteiger partial charge in [0.15, 0.2) is 11.0 Å². The lowest BCUT2D eigenvalue weighted by Crippen LogP contribution is -2.40. The topological polar surface area (TPSA) is 98.1 Å². The van der Waals surface area contributed by atoms with E-state index in [0.29, 0.717) is 24.9 Å². The number of imide groups is 1. The Morgan fingerprint density at radius 3 is 2.81 bits per heavy atom. The third kappa shape index (κ3) is 5.57. The first-order valence-electron chi connectivity index (χ1n) is 8.24. The van der Waals surface area contributed by atoms with E-state index in [1.807, 2.05) is 35.8 Å². The van der Waals surface area contributed by atoms with E-state index in [1.165, 1.54) is 11.8 Å². The molecule has 0 radical (unpaired) electrons. The summed E-state index contributed by atoms with van der Waals surface area (Å²) in [6.07, 6.45) is 0. The number of methoxy groups -OCH3 is 1. The van der Waals surface area contributed by atoms with Crippen molar-refractivity contribution in [3.05, 3.63) is 29.8 Å². The van der Waals surface area contributed by atoms with Crippen LogP contribution in [0.1, 0.15) is 12.5 Å². The van der Waals surface area contributed by atoms with E-state index in [0.717, 1.165) is 17.0 Å². The Hall–Kier alpha value is -2.39. The maximum Gasteiger partial charge on any atom is 0.321 e. The van der Waals surface area contributed by atoms with Gasteiger partial charge >= 0.3 is 6.03 Å². The Kier molecular flexibility index (Phi) is 7.61. The van der Waals surface area contributed by atoms with Crippen molar-refractivity contribution in [2.45, 2.75) is 25.5 Å². The largest absolute Gasteiger partial charge is 0.383 e. The van der Waals surface area contributed by atoms with Crippen LogP contribution < -0.4 is 10.6 Å². The highest BCUT2D eigenvalue weighted by molar-refractivity contribution is 7.99. The van der Waals surface area contributed by atoms with E-state index in [2.05, 4.69) is 20.8 Å². The SMILES string of the molecule is CCNC(=O)NC(=O)CSc1nnc(-c2cccc(C)c2)n1CCOC. The summed E-state index contributed by atoms with van der Waals surface area (Å²) in [6.45, 7) is 5.31. The second-order valence-corrected chi connectivity index (χ2v) is 6.46. The Morgan fingerprint density at radius 2 is 2.12 bits per heavy atom. The molecule has 0 fully saturated rings. The Labute approximate surface area is 156 Å². The predicted molar refractivity (Wildman–Crippen MR) is 100 cm³/mol. The van der Waals surface area contributed by atoms with Crippen LogP contribution in [0.4, 0.5) is 4.79 Å². The van der Waals surface area contributed by atoms with Crippen molar-refractivity contribution in [1.29, 1.82) is 0 Å². The molecule has 0 aliphatic heterocycles. The van der Waals surface area contributed by atoms with Gasteiger partial charge in [-0.3, -0.25) is 14.7 Å². The first-order valence-corrected chi connectivity index (χ1v) is 9.23. The molecule has 2 aromatic rings. The van der Waals surface area contributed by atoms with E-state index < -0.39 is 6.03 Å². The number of ether oxygens (including phenoxy) is 1. The Morgan fingerprint density at radius 1 is 1.31 bits per heavy atom. The summed E-state index contributed by atoms with van der Waals surface area (Å²) >= 11 is 1.23. The molecule has 2 rings (SSSR count). The van der Waals surface area contributed by atoms with Crippen LogP contribution in [-0.4, -0.2) is 52.7 Å². The van der Waals surface area contributed by atoms with E-state index in [1.54, 1.807) is 14.0 Å². The van der Waals surface area contributed by atoms with Crippen LogP contribution in [0.3, 0.4) is 0 Å². The van der Waals surface area contributed by atoms with Gasteiger partial charge in [0.05, 0.1) is 18.9 Å². The van der Waals surface area contributed by atoms with E-state index >= 15 is 0 Å². The molecule has 0 aliphatic rings. The number of amides is 3. The van der Waals surface area contributed by atoms with Gasteiger partial charge < -0.3 is 10.1 Å². The van der Waals surface area contributed by atoms with Crippen LogP contribution in [0.5, 0.6) is 0 Å². The maximum atomic E-state index is 11.9. The van der Waals surface area contributed by atoms with Gasteiger partial charge in [-0.25, -0.2) is 4.79 Å². The van der Waals surface area contributed by atoms with Crippen molar-refractivity contribution in [2.75, 3.05) is 26.0 Å². The van der Waals surface area contributed by atoms with Crippen LogP contribution in [-0.2, 0) is 16.1 Å². The van der Waals surface area contributed by atoms with Crippen LogP contribution in [0.15, 0.2) is 29.4 Å². The van der Waals surface area contributed by atoms with Gasteiger partial charge in [-0.2, -0.15) is 0 Å². The molecule has 0 spiro atoms. The molecule has 3 amide bonds. The minimum atomic E-state index is -0.501. The Bertz CT molecular complexity index is 763. The van der Waals surface area contributed by atoms with Crippen molar-refractivity contribution in [2.24, 2.45) is 0 Å². The van der Waals surface area contributed by atoms with Crippen LogP contribution in [0, 0.1) is 6.92 Å². The molecule has 8 nitrogen and oxygen atoms in total. The highest BCUT2D eigenvalue weighted by Gasteiger charge is 2.16. The molecule has 1 aromatic carbocycles. The van der Waals surface area contributed by atoms with Gasteiger partial charge in [0.2, 0.25) is 5.91 Å². The number of benzene rings is 1. The second kappa shape index (κ2) is 9.93. The quantitative estimate of drug-likeness (QED) is 0.681. The van der Waals surface area contributed by atoms with Gasteiger partial charge in [-0.1, -0.05) is 35.5 Å². The van der Waals surface area contributed by atoms with Crippen LogP contribution in [0.2, 0.25) is 0 Å². The molecular formula is C17H23N5O3S. The predicted octanol–water partition coefficient (Wildman–Crippen LogP) is 1.84. The zero-order valence-electron chi connectivity index (χ0n) is 15.1. The highest BCUT2D eigenvalue weighted by atomic mass is 32.2. The standard InChI is InChI=1S/C17H23N5O3S/c1-4-18-16(24)19-14(23)11-26-17-21-20-15(22(17)8-9-25-3)13-7-5-6-12(2)10-13/h5-7,10H,4,8-9,11H2,1-3H3,(H2,18,19,23,24). The van der Waals surface area contributed by atoms with Gasteiger partial charge in [0.25, 0.3) is 0 Å². The number of aryl methyl sites for hydroxylation is 1. The van der Waals surface area contributed by atoms with E-state index in [9.17, 15) is 9.59 Å². The number of nitrogens with one attached hydrogen (secondary N) is 2. The summed E-state index contributed by atoms with van der Waals surface area (Å²) in [5, 5.41) is 13.9. The van der Waals surface area contributed by atoms with Crippen molar-refractivity contribution in [3.63, 3.8) is 0 Å². The van der Waals surface area contributed by atoms with Gasteiger partial charge in [0.1, 0.15) is 0 Å². The number of nitrogens with zero attached hydrogens (tertiary/aromatic N) is 3. The lowest BCUT2D eigenvalue weighted by Gasteiger charge is -2.10. The third-order valence-corrected chi connectivity index (χ3v) is 4.40. The molecule has 26 heavy (non-hydrogen) atoms. The normalized spacial score (nSPS) is 10.6. The summed E-state index contributed by atoms with van der Waals surface area (Å²) in [4.78, 5) is 23.3. The minimum absolute atomic E-state index is 0.0655. The van der Waals surface area contributed by atoms with Crippen LogP contribution >= 0.6 is 11.8 Å². The summed E-state index contributed by atoms with van der Waals surface area (Å²) in [6, 6.07) is 7.48. The van der Waals surface area contributed by atoms with Gasteiger partial charge in [-0.15, -0.1) is 10.2 Å². The summed E-state index contributed by atoms with van der Waals surface area (Å²) < 4.78 is 7.09. The summed E-state index contributed by atoms with van der Waals surface area (Å²) in [5.41, 5.74) is 2.08. The molecule has 2 N–H and O–H groups in total. The van der Waals surface area contributed by atoms with Gasteiger partial charge in [0, 0.05) is 19.2 Å². The number of carbonyl (C=O) groups excluding carboxylic acids is 2. The number of urea groups is 1. The van der Waals surface area contributed by atoms with E-state index in [4.69, 9.17) is 4.74 Å². The molecule has 1 aromatic heterocycles. The number of aromatic nitrogens is 3. The number of rotatable bonds is 8. The minimum Gasteiger partial charge on any atom is -0.383 e. The second-order valence-electron chi connectivity index (χ2n) is 5.52. The number of hydrogen-bond acceptors (Lipinski definition) is 6. The Balaban J connectivity index is 2.13.